The predicted molar refractivity (Wildman–Crippen MR) is 46.0 cm³/mol. The molecular weight excluding hydrogens is 200 g/mol. The molecule has 0 spiro atoms. The first kappa shape index (κ1) is 10.2. The van der Waals surface area contributed by atoms with E-state index in [1.54, 1.807) is 0 Å². The Morgan fingerprint density at radius 3 is 2.54 bits per heavy atom. The van der Waals surface area contributed by atoms with E-state index in [4.69, 9.17) is 17.3 Å². The van der Waals surface area contributed by atoms with E-state index in [0.29, 0.717) is 0 Å². The van der Waals surface area contributed by atoms with Crippen LogP contribution in [0, 0.1) is 0 Å². The number of halogens is 3. The fourth-order valence-electron chi connectivity index (χ4n) is 0.928. The molecule has 0 saturated carbocycles. The first-order valence-corrected chi connectivity index (χ1v) is 3.92. The molecule has 0 bridgehead atoms. The Balaban J connectivity index is 3.05. The number of aromatic hydroxyl groups is 1. The van der Waals surface area contributed by atoms with Crippen LogP contribution in [0.3, 0.4) is 0 Å². The van der Waals surface area contributed by atoms with E-state index < -0.39 is 12.5 Å². The third kappa shape index (κ3) is 2.29. The van der Waals surface area contributed by atoms with Crippen molar-refractivity contribution in [3.05, 3.63) is 28.8 Å². The maximum Gasteiger partial charge on any atom is 0.257 e. The predicted octanol–water partition coefficient (Wildman–Crippen LogP) is 2.31. The van der Waals surface area contributed by atoms with E-state index in [1.165, 1.54) is 18.2 Å². The fraction of sp³-hybridized carbons (Fsp3) is 0.250. The maximum absolute atomic E-state index is 12.1. The van der Waals surface area contributed by atoms with Gasteiger partial charge in [-0.2, -0.15) is 0 Å². The number of nitrogens with two attached hydrogens (primary N) is 1. The zero-order valence-corrected chi connectivity index (χ0v) is 7.30. The molecule has 0 heterocycles. The Morgan fingerprint density at radius 2 is 2.00 bits per heavy atom. The Kier molecular flexibility index (Phi) is 3.06. The first-order chi connectivity index (χ1) is 6.02. The Morgan fingerprint density at radius 1 is 1.38 bits per heavy atom. The molecule has 0 aliphatic heterocycles. The quantitative estimate of drug-likeness (QED) is 0.782. The molecule has 1 aromatic rings. The standard InChI is InChI=1S/C8H8ClF2NO/c9-4-1-2-6(13)5(3-4)7(12)8(10)11/h1-3,7-8,13H,12H2/t7-/m0/s1. The molecule has 0 fully saturated rings. The molecule has 72 valence electrons. The van der Waals surface area contributed by atoms with Crippen LogP contribution in [0.25, 0.3) is 0 Å². The summed E-state index contributed by atoms with van der Waals surface area (Å²) >= 11 is 5.55. The van der Waals surface area contributed by atoms with Crippen molar-refractivity contribution in [3.8, 4) is 5.75 Å². The van der Waals surface area contributed by atoms with Gasteiger partial charge in [-0.05, 0) is 18.2 Å². The summed E-state index contributed by atoms with van der Waals surface area (Å²) in [6.45, 7) is 0. The highest BCUT2D eigenvalue weighted by Crippen LogP contribution is 2.29. The van der Waals surface area contributed by atoms with Crippen LogP contribution in [0.1, 0.15) is 11.6 Å². The van der Waals surface area contributed by atoms with Gasteiger partial charge in [-0.1, -0.05) is 11.6 Å². The van der Waals surface area contributed by atoms with Gasteiger partial charge in [0.1, 0.15) is 5.75 Å². The second-order valence-corrected chi connectivity index (χ2v) is 3.00. The Labute approximate surface area is 78.9 Å². The number of hydrogen-bond donors (Lipinski definition) is 2. The maximum atomic E-state index is 12.1. The number of hydrogen-bond acceptors (Lipinski definition) is 2. The van der Waals surface area contributed by atoms with Gasteiger partial charge in [0.05, 0.1) is 6.04 Å². The zero-order chi connectivity index (χ0) is 10.0. The van der Waals surface area contributed by atoms with Crippen LogP contribution in [-0.4, -0.2) is 11.5 Å². The minimum absolute atomic E-state index is 0.0394. The van der Waals surface area contributed by atoms with Gasteiger partial charge in [-0.3, -0.25) is 0 Å². The van der Waals surface area contributed by atoms with Gasteiger partial charge in [0.2, 0.25) is 0 Å². The molecule has 1 atom stereocenters. The van der Waals surface area contributed by atoms with Crippen LogP contribution in [0.4, 0.5) is 8.78 Å². The van der Waals surface area contributed by atoms with Crippen LogP contribution in [-0.2, 0) is 0 Å². The molecule has 0 saturated heterocycles. The van der Waals surface area contributed by atoms with Gasteiger partial charge in [0.25, 0.3) is 6.43 Å². The average molecular weight is 208 g/mol. The summed E-state index contributed by atoms with van der Waals surface area (Å²) < 4.78 is 24.3. The van der Waals surface area contributed by atoms with Crippen molar-refractivity contribution in [2.75, 3.05) is 0 Å². The number of rotatable bonds is 2. The van der Waals surface area contributed by atoms with Crippen molar-refractivity contribution in [1.29, 1.82) is 0 Å². The van der Waals surface area contributed by atoms with E-state index >= 15 is 0 Å². The summed E-state index contributed by atoms with van der Waals surface area (Å²) in [5.41, 5.74) is 5.10. The van der Waals surface area contributed by atoms with Gasteiger partial charge in [-0.15, -0.1) is 0 Å². The van der Waals surface area contributed by atoms with Crippen molar-refractivity contribution in [2.24, 2.45) is 5.73 Å². The summed E-state index contributed by atoms with van der Waals surface area (Å²) in [5, 5.41) is 9.45. The molecule has 0 amide bonds. The fourth-order valence-corrected chi connectivity index (χ4v) is 1.11. The SMILES string of the molecule is N[C@@H](c1cc(Cl)ccc1O)C(F)F. The highest BCUT2D eigenvalue weighted by atomic mass is 35.5. The van der Waals surface area contributed by atoms with Crippen LogP contribution in [0.5, 0.6) is 5.75 Å². The molecule has 5 heteroatoms. The number of benzene rings is 1. The molecule has 1 aromatic carbocycles. The highest BCUT2D eigenvalue weighted by Gasteiger charge is 2.20. The third-order valence-electron chi connectivity index (χ3n) is 1.62. The molecule has 0 aliphatic rings. The van der Waals surface area contributed by atoms with Gasteiger partial charge in [0, 0.05) is 10.6 Å². The second kappa shape index (κ2) is 3.89. The summed E-state index contributed by atoms with van der Waals surface area (Å²) in [6.07, 6.45) is -2.72. The molecule has 0 aromatic heterocycles. The van der Waals surface area contributed by atoms with Crippen molar-refractivity contribution in [2.45, 2.75) is 12.5 Å². The lowest BCUT2D eigenvalue weighted by molar-refractivity contribution is 0.115. The third-order valence-corrected chi connectivity index (χ3v) is 1.86. The topological polar surface area (TPSA) is 46.2 Å². The number of alkyl halides is 2. The Bertz CT molecular complexity index is 306. The van der Waals surface area contributed by atoms with Crippen LogP contribution < -0.4 is 5.73 Å². The van der Waals surface area contributed by atoms with Crippen molar-refractivity contribution in [1.82, 2.24) is 0 Å². The van der Waals surface area contributed by atoms with E-state index in [-0.39, 0.29) is 16.3 Å². The van der Waals surface area contributed by atoms with Crippen molar-refractivity contribution < 1.29 is 13.9 Å². The molecule has 2 nitrogen and oxygen atoms in total. The van der Waals surface area contributed by atoms with Crippen LogP contribution >= 0.6 is 11.6 Å². The molecular formula is C8H8ClF2NO. The molecule has 0 unspecified atom stereocenters. The minimum Gasteiger partial charge on any atom is -0.508 e. The summed E-state index contributed by atoms with van der Waals surface area (Å²) in [4.78, 5) is 0. The first-order valence-electron chi connectivity index (χ1n) is 3.54. The summed E-state index contributed by atoms with van der Waals surface area (Å²) in [6, 6.07) is 2.37. The Hall–Kier alpha value is -0.870. The van der Waals surface area contributed by atoms with Crippen LogP contribution in [0.2, 0.25) is 5.02 Å². The molecule has 0 aliphatic carbocycles. The minimum atomic E-state index is -2.72. The van der Waals surface area contributed by atoms with E-state index in [0.717, 1.165) is 0 Å². The molecule has 13 heavy (non-hydrogen) atoms. The second-order valence-electron chi connectivity index (χ2n) is 2.56. The van der Waals surface area contributed by atoms with Gasteiger partial charge >= 0.3 is 0 Å². The van der Waals surface area contributed by atoms with Crippen molar-refractivity contribution >= 4 is 11.6 Å². The molecule has 3 N–H and O–H groups in total. The lowest BCUT2D eigenvalue weighted by Crippen LogP contribution is -2.18. The zero-order valence-electron chi connectivity index (χ0n) is 6.55. The lowest BCUT2D eigenvalue weighted by atomic mass is 10.1. The lowest BCUT2D eigenvalue weighted by Gasteiger charge is -2.12. The molecule has 1 rings (SSSR count). The highest BCUT2D eigenvalue weighted by molar-refractivity contribution is 6.30. The summed E-state index contributed by atoms with van der Waals surface area (Å²) in [7, 11) is 0. The monoisotopic (exact) mass is 207 g/mol. The summed E-state index contributed by atoms with van der Waals surface area (Å²) in [5.74, 6) is -0.266. The van der Waals surface area contributed by atoms with Crippen molar-refractivity contribution in [3.63, 3.8) is 0 Å². The normalized spacial score (nSPS) is 13.3. The van der Waals surface area contributed by atoms with E-state index in [2.05, 4.69) is 0 Å². The molecule has 0 radical (unpaired) electrons. The number of phenols is 1. The van der Waals surface area contributed by atoms with E-state index in [1.807, 2.05) is 0 Å². The van der Waals surface area contributed by atoms with Gasteiger partial charge in [0.15, 0.2) is 0 Å². The van der Waals surface area contributed by atoms with E-state index in [9.17, 15) is 13.9 Å². The largest absolute Gasteiger partial charge is 0.508 e. The number of phenolic OH excluding ortho intramolecular Hbond substituents is 1. The smallest absolute Gasteiger partial charge is 0.257 e. The average Bonchev–Trinajstić information content (AvgIpc) is 2.08. The van der Waals surface area contributed by atoms with Crippen LogP contribution in [0.15, 0.2) is 18.2 Å². The van der Waals surface area contributed by atoms with Gasteiger partial charge < -0.3 is 10.8 Å². The van der Waals surface area contributed by atoms with Gasteiger partial charge in [-0.25, -0.2) is 8.78 Å².